The van der Waals surface area contributed by atoms with Crippen molar-refractivity contribution in [3.8, 4) is 0 Å². The summed E-state index contributed by atoms with van der Waals surface area (Å²) in [6, 6.07) is 7.61. The van der Waals surface area contributed by atoms with E-state index in [2.05, 4.69) is 17.6 Å². The fourth-order valence-electron chi connectivity index (χ4n) is 3.32. The van der Waals surface area contributed by atoms with Gasteiger partial charge in [-0.05, 0) is 48.4 Å². The molecule has 1 aliphatic carbocycles. The second kappa shape index (κ2) is 5.28. The zero-order chi connectivity index (χ0) is 15.3. The van der Waals surface area contributed by atoms with Gasteiger partial charge in [-0.25, -0.2) is 0 Å². The molecule has 0 spiro atoms. The molecular formula is C17H17ClN2OS. The number of carbonyl (C=O) groups excluding carboxylic acids is 1. The summed E-state index contributed by atoms with van der Waals surface area (Å²) in [4.78, 5) is 14.0. The summed E-state index contributed by atoms with van der Waals surface area (Å²) in [5.41, 5.74) is 3.10. The number of fused-ring (bicyclic) bond motifs is 3. The van der Waals surface area contributed by atoms with Crippen LogP contribution in [0.5, 0.6) is 0 Å². The average Bonchev–Trinajstić information content (AvgIpc) is 2.84. The Morgan fingerprint density at radius 2 is 2.18 bits per heavy atom. The van der Waals surface area contributed by atoms with Gasteiger partial charge in [-0.15, -0.1) is 11.3 Å². The highest BCUT2D eigenvalue weighted by atomic mass is 35.5. The normalized spacial score (nSPS) is 23.3. The molecule has 1 aromatic heterocycles. The maximum absolute atomic E-state index is 12.6. The van der Waals surface area contributed by atoms with Gasteiger partial charge in [0.2, 0.25) is 0 Å². The number of carbonyl (C=O) groups is 1. The first kappa shape index (κ1) is 14.1. The molecule has 4 rings (SSSR count). The highest BCUT2D eigenvalue weighted by Crippen LogP contribution is 2.42. The zero-order valence-corrected chi connectivity index (χ0v) is 13.9. The predicted molar refractivity (Wildman–Crippen MR) is 90.8 cm³/mol. The molecule has 0 saturated carbocycles. The van der Waals surface area contributed by atoms with Crippen LogP contribution in [0.2, 0.25) is 5.02 Å². The van der Waals surface area contributed by atoms with E-state index in [0.29, 0.717) is 10.9 Å². The average molecular weight is 333 g/mol. The minimum Gasteiger partial charge on any atom is -0.353 e. The van der Waals surface area contributed by atoms with Crippen LogP contribution in [0.3, 0.4) is 0 Å². The molecule has 0 fully saturated rings. The third-order valence-electron chi connectivity index (χ3n) is 4.47. The lowest BCUT2D eigenvalue weighted by Crippen LogP contribution is -2.38. The standard InChI is InChI=1S/C17H17ClN2OS/c1-9-5-6-12-13(7-9)22-17-14(12)16(21)19-15(20-17)10-3-2-4-11(18)8-10/h2-4,8-9,15,20H,5-7H2,1H3,(H,19,21)/t9-,15+/m0/s1. The Morgan fingerprint density at radius 3 is 3.00 bits per heavy atom. The number of nitrogens with one attached hydrogen (secondary N) is 2. The summed E-state index contributed by atoms with van der Waals surface area (Å²) in [6.45, 7) is 2.28. The van der Waals surface area contributed by atoms with Gasteiger partial charge in [0.1, 0.15) is 11.2 Å². The highest BCUT2D eigenvalue weighted by Gasteiger charge is 2.33. The first-order valence-corrected chi connectivity index (χ1v) is 8.78. The summed E-state index contributed by atoms with van der Waals surface area (Å²) in [5.74, 6) is 0.741. The van der Waals surface area contributed by atoms with Crippen LogP contribution in [0.25, 0.3) is 0 Å². The van der Waals surface area contributed by atoms with E-state index in [-0.39, 0.29) is 12.1 Å². The van der Waals surface area contributed by atoms with Crippen molar-refractivity contribution in [2.75, 3.05) is 5.32 Å². The molecule has 2 aliphatic rings. The summed E-state index contributed by atoms with van der Waals surface area (Å²) in [6.07, 6.45) is 3.06. The van der Waals surface area contributed by atoms with E-state index in [9.17, 15) is 4.79 Å². The molecule has 2 aromatic rings. The fraction of sp³-hybridized carbons (Fsp3) is 0.353. The Kier molecular flexibility index (Phi) is 3.39. The van der Waals surface area contributed by atoms with Crippen molar-refractivity contribution in [2.45, 2.75) is 32.4 Å². The van der Waals surface area contributed by atoms with Gasteiger partial charge in [0.05, 0.1) is 5.56 Å². The summed E-state index contributed by atoms with van der Waals surface area (Å²) in [7, 11) is 0. The molecule has 5 heteroatoms. The molecular weight excluding hydrogens is 316 g/mol. The maximum Gasteiger partial charge on any atom is 0.256 e. The Hall–Kier alpha value is -1.52. The van der Waals surface area contributed by atoms with Crippen LogP contribution < -0.4 is 10.6 Å². The number of benzene rings is 1. The van der Waals surface area contributed by atoms with Crippen LogP contribution in [0, 0.1) is 5.92 Å². The van der Waals surface area contributed by atoms with Crippen molar-refractivity contribution in [1.29, 1.82) is 0 Å². The summed E-state index contributed by atoms with van der Waals surface area (Å²) < 4.78 is 0. The molecule has 2 N–H and O–H groups in total. The second-order valence-electron chi connectivity index (χ2n) is 6.16. The SMILES string of the molecule is C[C@H]1CCc2c(sc3c2C(=O)N[C@@H](c2cccc(Cl)c2)N3)C1. The minimum absolute atomic E-state index is 0.0331. The number of hydrogen-bond acceptors (Lipinski definition) is 3. The second-order valence-corrected chi connectivity index (χ2v) is 7.70. The number of hydrogen-bond donors (Lipinski definition) is 2. The lowest BCUT2D eigenvalue weighted by Gasteiger charge is -2.27. The maximum atomic E-state index is 12.6. The quantitative estimate of drug-likeness (QED) is 0.813. The molecule has 1 aromatic carbocycles. The number of amides is 1. The molecule has 2 atom stereocenters. The van der Waals surface area contributed by atoms with Gasteiger partial charge in [0, 0.05) is 9.90 Å². The van der Waals surface area contributed by atoms with Crippen molar-refractivity contribution in [1.82, 2.24) is 5.32 Å². The molecule has 22 heavy (non-hydrogen) atoms. The Balaban J connectivity index is 1.71. The van der Waals surface area contributed by atoms with Crippen molar-refractivity contribution < 1.29 is 4.79 Å². The topological polar surface area (TPSA) is 41.1 Å². The minimum atomic E-state index is -0.212. The highest BCUT2D eigenvalue weighted by molar-refractivity contribution is 7.16. The number of thiophene rings is 1. The molecule has 0 bridgehead atoms. The van der Waals surface area contributed by atoms with Crippen molar-refractivity contribution >= 4 is 33.8 Å². The van der Waals surface area contributed by atoms with Crippen LogP contribution in [0.4, 0.5) is 5.00 Å². The van der Waals surface area contributed by atoms with Crippen molar-refractivity contribution in [2.24, 2.45) is 5.92 Å². The molecule has 0 radical (unpaired) electrons. The summed E-state index contributed by atoms with van der Waals surface area (Å²) in [5, 5.41) is 8.22. The van der Waals surface area contributed by atoms with E-state index in [1.54, 1.807) is 11.3 Å². The number of rotatable bonds is 1. The summed E-state index contributed by atoms with van der Waals surface area (Å²) >= 11 is 7.80. The molecule has 0 unspecified atom stereocenters. The monoisotopic (exact) mass is 332 g/mol. The van der Waals surface area contributed by atoms with E-state index >= 15 is 0 Å². The van der Waals surface area contributed by atoms with Gasteiger partial charge in [-0.2, -0.15) is 0 Å². The predicted octanol–water partition coefficient (Wildman–Crippen LogP) is 4.38. The van der Waals surface area contributed by atoms with Gasteiger partial charge in [-0.1, -0.05) is 30.7 Å². The fourth-order valence-corrected chi connectivity index (χ4v) is 4.95. The van der Waals surface area contributed by atoms with Gasteiger partial charge in [0.25, 0.3) is 5.91 Å². The van der Waals surface area contributed by atoms with Crippen molar-refractivity contribution in [3.63, 3.8) is 0 Å². The Morgan fingerprint density at radius 1 is 1.32 bits per heavy atom. The van der Waals surface area contributed by atoms with Crippen LogP contribution in [0.15, 0.2) is 24.3 Å². The Bertz CT molecular complexity index is 755. The Labute approximate surface area is 138 Å². The number of anilines is 1. The third-order valence-corrected chi connectivity index (χ3v) is 5.89. The molecule has 3 nitrogen and oxygen atoms in total. The molecule has 114 valence electrons. The van der Waals surface area contributed by atoms with E-state index in [0.717, 1.165) is 29.0 Å². The molecule has 0 saturated heterocycles. The van der Waals surface area contributed by atoms with Gasteiger partial charge in [0.15, 0.2) is 0 Å². The lowest BCUT2D eigenvalue weighted by atomic mass is 9.88. The van der Waals surface area contributed by atoms with Crippen molar-refractivity contribution in [3.05, 3.63) is 50.9 Å². The van der Waals surface area contributed by atoms with Gasteiger partial charge in [-0.3, -0.25) is 4.79 Å². The van der Waals surface area contributed by atoms with E-state index in [1.165, 1.54) is 16.9 Å². The molecule has 2 heterocycles. The number of halogens is 1. The first-order chi connectivity index (χ1) is 10.6. The van der Waals surface area contributed by atoms with E-state index in [1.807, 2.05) is 24.3 Å². The van der Waals surface area contributed by atoms with E-state index in [4.69, 9.17) is 11.6 Å². The first-order valence-electron chi connectivity index (χ1n) is 7.59. The van der Waals surface area contributed by atoms with Crippen LogP contribution in [-0.4, -0.2) is 5.91 Å². The third kappa shape index (κ3) is 2.31. The molecule has 1 amide bonds. The largest absolute Gasteiger partial charge is 0.353 e. The smallest absolute Gasteiger partial charge is 0.256 e. The molecule has 1 aliphatic heterocycles. The van der Waals surface area contributed by atoms with Crippen LogP contribution >= 0.6 is 22.9 Å². The zero-order valence-electron chi connectivity index (χ0n) is 12.3. The van der Waals surface area contributed by atoms with Gasteiger partial charge >= 0.3 is 0 Å². The van der Waals surface area contributed by atoms with Crippen LogP contribution in [-0.2, 0) is 12.8 Å². The van der Waals surface area contributed by atoms with E-state index < -0.39 is 0 Å². The lowest BCUT2D eigenvalue weighted by molar-refractivity contribution is 0.0935. The van der Waals surface area contributed by atoms with Gasteiger partial charge < -0.3 is 10.6 Å². The van der Waals surface area contributed by atoms with Crippen LogP contribution in [0.1, 0.15) is 45.9 Å².